The number of carbonyl (C=O) groups is 2. The molecule has 0 unspecified atom stereocenters. The van der Waals surface area contributed by atoms with Gasteiger partial charge in [0.25, 0.3) is 0 Å². The lowest BCUT2D eigenvalue weighted by atomic mass is 10.1. The van der Waals surface area contributed by atoms with Gasteiger partial charge in [-0.2, -0.15) is 0 Å². The fourth-order valence-corrected chi connectivity index (χ4v) is 1.12. The summed E-state index contributed by atoms with van der Waals surface area (Å²) in [5.74, 6) is -0.0300. The van der Waals surface area contributed by atoms with Crippen molar-refractivity contribution in [2.45, 2.75) is 13.8 Å². The van der Waals surface area contributed by atoms with Gasteiger partial charge in [0, 0.05) is 11.1 Å². The van der Waals surface area contributed by atoms with E-state index in [1.54, 1.807) is 37.3 Å². The summed E-state index contributed by atoms with van der Waals surface area (Å²) in [5.41, 5.74) is 1.23. The Bertz CT molecular complexity index is 372. The molecule has 0 aromatic heterocycles. The summed E-state index contributed by atoms with van der Waals surface area (Å²) in [5, 5.41) is 0. The molecule has 0 bridgehead atoms. The molecule has 0 saturated carbocycles. The Hall–Kier alpha value is -1.70. The van der Waals surface area contributed by atoms with Crippen LogP contribution < -0.4 is 0 Å². The van der Waals surface area contributed by atoms with Gasteiger partial charge in [-0.3, -0.25) is 9.59 Å². The van der Waals surface area contributed by atoms with Crippen molar-refractivity contribution < 1.29 is 9.59 Å². The maximum absolute atomic E-state index is 11.4. The average molecular weight is 188 g/mol. The number of allylic oxidation sites excluding steroid dienone is 2. The van der Waals surface area contributed by atoms with Crippen molar-refractivity contribution in [3.63, 3.8) is 0 Å². The van der Waals surface area contributed by atoms with Crippen LogP contribution in [-0.4, -0.2) is 11.6 Å². The first-order valence-corrected chi connectivity index (χ1v) is 4.43. The summed E-state index contributed by atoms with van der Waals surface area (Å²) in [6, 6.07) is 6.66. The molecule has 14 heavy (non-hydrogen) atoms. The smallest absolute Gasteiger partial charge is 0.185 e. The molecule has 0 aliphatic carbocycles. The molecule has 1 rings (SSSR count). The van der Waals surface area contributed by atoms with Gasteiger partial charge in [-0.15, -0.1) is 0 Å². The second-order valence-electron chi connectivity index (χ2n) is 3.00. The standard InChI is InChI=1S/C12H12O2/c1-3-4-12(14)11-7-5-10(6-8-11)9(2)13/h3-8H,1-2H3/b4-3+. The van der Waals surface area contributed by atoms with Crippen LogP contribution in [0.2, 0.25) is 0 Å². The predicted molar refractivity (Wildman–Crippen MR) is 55.6 cm³/mol. The lowest BCUT2D eigenvalue weighted by Gasteiger charge is -1.97. The van der Waals surface area contributed by atoms with Gasteiger partial charge in [-0.25, -0.2) is 0 Å². The molecular weight excluding hydrogens is 176 g/mol. The average Bonchev–Trinajstić information content (AvgIpc) is 2.18. The van der Waals surface area contributed by atoms with Gasteiger partial charge in [0.1, 0.15) is 0 Å². The number of benzene rings is 1. The lowest BCUT2D eigenvalue weighted by Crippen LogP contribution is -1.96. The number of carbonyl (C=O) groups excluding carboxylic acids is 2. The topological polar surface area (TPSA) is 34.1 Å². The van der Waals surface area contributed by atoms with E-state index >= 15 is 0 Å². The van der Waals surface area contributed by atoms with Crippen LogP contribution in [0.5, 0.6) is 0 Å². The van der Waals surface area contributed by atoms with E-state index in [2.05, 4.69) is 0 Å². The maximum atomic E-state index is 11.4. The van der Waals surface area contributed by atoms with Crippen LogP contribution in [0.4, 0.5) is 0 Å². The minimum absolute atomic E-state index is 0.00929. The molecule has 0 saturated heterocycles. The predicted octanol–water partition coefficient (Wildman–Crippen LogP) is 2.65. The van der Waals surface area contributed by atoms with Crippen molar-refractivity contribution >= 4 is 11.6 Å². The highest BCUT2D eigenvalue weighted by molar-refractivity contribution is 6.05. The molecule has 0 aliphatic rings. The third-order valence-electron chi connectivity index (χ3n) is 1.89. The fraction of sp³-hybridized carbons (Fsp3) is 0.167. The van der Waals surface area contributed by atoms with Crippen molar-refractivity contribution in [3.8, 4) is 0 Å². The first kappa shape index (κ1) is 10.4. The molecule has 0 heterocycles. The molecule has 0 fully saturated rings. The zero-order valence-corrected chi connectivity index (χ0v) is 8.28. The Kier molecular flexibility index (Phi) is 3.35. The highest BCUT2D eigenvalue weighted by atomic mass is 16.1. The second kappa shape index (κ2) is 4.51. The summed E-state index contributed by atoms with van der Waals surface area (Å²) in [6.07, 6.45) is 3.20. The van der Waals surface area contributed by atoms with E-state index in [9.17, 15) is 9.59 Å². The molecule has 0 aliphatic heterocycles. The first-order chi connectivity index (χ1) is 6.65. The van der Waals surface area contributed by atoms with E-state index < -0.39 is 0 Å². The summed E-state index contributed by atoms with van der Waals surface area (Å²) in [6.45, 7) is 3.30. The van der Waals surface area contributed by atoms with Crippen LogP contribution in [0.15, 0.2) is 36.4 Å². The van der Waals surface area contributed by atoms with E-state index in [-0.39, 0.29) is 11.6 Å². The van der Waals surface area contributed by atoms with Gasteiger partial charge in [-0.05, 0) is 19.9 Å². The van der Waals surface area contributed by atoms with E-state index in [1.165, 1.54) is 13.0 Å². The van der Waals surface area contributed by atoms with E-state index in [0.717, 1.165) is 0 Å². The summed E-state index contributed by atoms with van der Waals surface area (Å²) < 4.78 is 0. The number of ketones is 2. The third kappa shape index (κ3) is 2.39. The number of Topliss-reactive ketones (excluding diaryl/α,β-unsaturated/α-hetero) is 1. The van der Waals surface area contributed by atoms with Crippen molar-refractivity contribution in [3.05, 3.63) is 47.5 Å². The number of hydrogen-bond donors (Lipinski definition) is 0. The molecule has 1 aromatic rings. The molecule has 0 radical (unpaired) electrons. The molecule has 0 spiro atoms. The van der Waals surface area contributed by atoms with Crippen LogP contribution >= 0.6 is 0 Å². The Morgan fingerprint density at radius 3 is 2.00 bits per heavy atom. The zero-order valence-electron chi connectivity index (χ0n) is 8.28. The third-order valence-corrected chi connectivity index (χ3v) is 1.89. The van der Waals surface area contributed by atoms with Crippen LogP contribution in [0, 0.1) is 0 Å². The van der Waals surface area contributed by atoms with Crippen LogP contribution in [0.3, 0.4) is 0 Å². The number of hydrogen-bond acceptors (Lipinski definition) is 2. The molecule has 2 nitrogen and oxygen atoms in total. The molecule has 1 aromatic carbocycles. The van der Waals surface area contributed by atoms with Gasteiger partial charge in [0.2, 0.25) is 0 Å². The molecule has 0 amide bonds. The van der Waals surface area contributed by atoms with Gasteiger partial charge in [-0.1, -0.05) is 30.3 Å². The van der Waals surface area contributed by atoms with Crippen molar-refractivity contribution in [1.82, 2.24) is 0 Å². The van der Waals surface area contributed by atoms with Gasteiger partial charge < -0.3 is 0 Å². The molecular formula is C12H12O2. The summed E-state index contributed by atoms with van der Waals surface area (Å²) in [4.78, 5) is 22.3. The molecule has 72 valence electrons. The Balaban J connectivity index is 2.94. The van der Waals surface area contributed by atoms with Crippen molar-refractivity contribution in [1.29, 1.82) is 0 Å². The van der Waals surface area contributed by atoms with Crippen molar-refractivity contribution in [2.24, 2.45) is 0 Å². The Morgan fingerprint density at radius 1 is 1.07 bits per heavy atom. The van der Waals surface area contributed by atoms with Gasteiger partial charge >= 0.3 is 0 Å². The van der Waals surface area contributed by atoms with Gasteiger partial charge in [0.05, 0.1) is 0 Å². The molecule has 0 N–H and O–H groups in total. The van der Waals surface area contributed by atoms with Crippen LogP contribution in [0.1, 0.15) is 34.6 Å². The highest BCUT2D eigenvalue weighted by Crippen LogP contribution is 2.06. The van der Waals surface area contributed by atoms with E-state index in [4.69, 9.17) is 0 Å². The minimum atomic E-state index is -0.0393. The summed E-state index contributed by atoms with van der Waals surface area (Å²) in [7, 11) is 0. The fourth-order valence-electron chi connectivity index (χ4n) is 1.12. The summed E-state index contributed by atoms with van der Waals surface area (Å²) >= 11 is 0. The van der Waals surface area contributed by atoms with Gasteiger partial charge in [0.15, 0.2) is 11.6 Å². The monoisotopic (exact) mass is 188 g/mol. The van der Waals surface area contributed by atoms with Crippen molar-refractivity contribution in [2.75, 3.05) is 0 Å². The van der Waals surface area contributed by atoms with Crippen LogP contribution in [0.25, 0.3) is 0 Å². The van der Waals surface area contributed by atoms with Crippen LogP contribution in [-0.2, 0) is 0 Å². The zero-order chi connectivity index (χ0) is 10.6. The van der Waals surface area contributed by atoms with E-state index in [1.807, 2.05) is 0 Å². The SMILES string of the molecule is C/C=C/C(=O)c1ccc(C(C)=O)cc1. The normalized spacial score (nSPS) is 10.4. The Labute approximate surface area is 83.3 Å². The molecule has 0 atom stereocenters. The number of rotatable bonds is 3. The highest BCUT2D eigenvalue weighted by Gasteiger charge is 2.02. The second-order valence-corrected chi connectivity index (χ2v) is 3.00. The largest absolute Gasteiger partial charge is 0.295 e. The first-order valence-electron chi connectivity index (χ1n) is 4.43. The van der Waals surface area contributed by atoms with E-state index in [0.29, 0.717) is 11.1 Å². The molecule has 2 heteroatoms. The minimum Gasteiger partial charge on any atom is -0.295 e. The Morgan fingerprint density at radius 2 is 1.57 bits per heavy atom. The lowest BCUT2D eigenvalue weighted by molar-refractivity contribution is 0.101. The maximum Gasteiger partial charge on any atom is 0.185 e. The quantitative estimate of drug-likeness (QED) is 0.539.